The molecule has 1 atom stereocenters. The van der Waals surface area contributed by atoms with Crippen molar-refractivity contribution in [2.24, 2.45) is 4.99 Å². The summed E-state index contributed by atoms with van der Waals surface area (Å²) >= 11 is 0. The van der Waals surface area contributed by atoms with Gasteiger partial charge >= 0.3 is 0 Å². The largest absolute Gasteiger partial charge is 0.387 e. The number of aryl methyl sites for hydroxylation is 2. The minimum atomic E-state index is -0.865. The first kappa shape index (κ1) is 25.1. The molecule has 0 amide bonds. The number of morpholine rings is 1. The fourth-order valence-electron chi connectivity index (χ4n) is 3.21. The SMILES string of the molecule is CCNC(=NCC(C)(O)CN1CCOCC1)NCCCc1c(C)noc1C.I. The van der Waals surface area contributed by atoms with Crippen LogP contribution in [0, 0.1) is 13.8 Å². The molecule has 1 unspecified atom stereocenters. The Morgan fingerprint density at radius 1 is 1.29 bits per heavy atom. The molecule has 1 aliphatic heterocycles. The third-order valence-corrected chi connectivity index (χ3v) is 4.67. The molecule has 1 saturated heterocycles. The lowest BCUT2D eigenvalue weighted by Gasteiger charge is -2.33. The zero-order valence-electron chi connectivity index (χ0n) is 17.6. The molecule has 2 heterocycles. The lowest BCUT2D eigenvalue weighted by Crippen LogP contribution is -2.48. The molecule has 8 nitrogen and oxygen atoms in total. The lowest BCUT2D eigenvalue weighted by molar-refractivity contribution is -0.0179. The summed E-state index contributed by atoms with van der Waals surface area (Å²) in [5.41, 5.74) is 1.29. The van der Waals surface area contributed by atoms with Gasteiger partial charge in [0.2, 0.25) is 0 Å². The van der Waals surface area contributed by atoms with Gasteiger partial charge in [-0.3, -0.25) is 9.89 Å². The van der Waals surface area contributed by atoms with Crippen molar-refractivity contribution in [2.45, 2.75) is 46.1 Å². The first-order valence-electron chi connectivity index (χ1n) is 9.87. The molecule has 3 N–H and O–H groups in total. The van der Waals surface area contributed by atoms with Crippen LogP contribution in [0.25, 0.3) is 0 Å². The Kier molecular flexibility index (Phi) is 11.3. The van der Waals surface area contributed by atoms with Crippen LogP contribution in [0.3, 0.4) is 0 Å². The van der Waals surface area contributed by atoms with E-state index in [2.05, 4.69) is 25.7 Å². The first-order valence-corrected chi connectivity index (χ1v) is 9.87. The Balaban J connectivity index is 0.00000392. The molecular formula is C19H36IN5O3. The highest BCUT2D eigenvalue weighted by Gasteiger charge is 2.25. The molecule has 28 heavy (non-hydrogen) atoms. The van der Waals surface area contributed by atoms with E-state index in [-0.39, 0.29) is 24.0 Å². The van der Waals surface area contributed by atoms with E-state index in [0.29, 0.717) is 13.1 Å². The van der Waals surface area contributed by atoms with Crippen molar-refractivity contribution >= 4 is 29.9 Å². The van der Waals surface area contributed by atoms with Crippen molar-refractivity contribution in [3.63, 3.8) is 0 Å². The van der Waals surface area contributed by atoms with Crippen molar-refractivity contribution in [1.82, 2.24) is 20.7 Å². The zero-order valence-corrected chi connectivity index (χ0v) is 19.9. The molecule has 0 aliphatic carbocycles. The van der Waals surface area contributed by atoms with Gasteiger partial charge in [-0.15, -0.1) is 24.0 Å². The highest BCUT2D eigenvalue weighted by Crippen LogP contribution is 2.14. The van der Waals surface area contributed by atoms with Gasteiger partial charge in [0, 0.05) is 38.3 Å². The van der Waals surface area contributed by atoms with Crippen LogP contribution in [0.15, 0.2) is 9.52 Å². The normalized spacial score (nSPS) is 17.7. The predicted molar refractivity (Wildman–Crippen MR) is 122 cm³/mol. The van der Waals surface area contributed by atoms with Gasteiger partial charge in [-0.1, -0.05) is 5.16 Å². The standard InChI is InChI=1S/C19H35N5O3.HI/c1-5-20-18(21-8-6-7-17-15(2)23-27-16(17)3)22-13-19(4,25)14-24-9-11-26-12-10-24;/h25H,5-14H2,1-4H3,(H2,20,21,22);1H. The monoisotopic (exact) mass is 509 g/mol. The third kappa shape index (κ3) is 8.62. The topological polar surface area (TPSA) is 95.2 Å². The number of halogens is 1. The molecular weight excluding hydrogens is 473 g/mol. The van der Waals surface area contributed by atoms with Crippen molar-refractivity contribution in [3.8, 4) is 0 Å². The molecule has 9 heteroatoms. The third-order valence-electron chi connectivity index (χ3n) is 4.67. The summed E-state index contributed by atoms with van der Waals surface area (Å²) in [5, 5.41) is 21.3. The second kappa shape index (κ2) is 12.6. The van der Waals surface area contributed by atoms with Crippen molar-refractivity contribution in [2.75, 3.05) is 52.5 Å². The van der Waals surface area contributed by atoms with Crippen LogP contribution in [0.5, 0.6) is 0 Å². The van der Waals surface area contributed by atoms with Crippen molar-refractivity contribution in [1.29, 1.82) is 0 Å². The number of β-amino-alcohol motifs (C(OH)–C–C–N with tert-alkyl or cyclic N) is 1. The first-order chi connectivity index (χ1) is 12.9. The highest BCUT2D eigenvalue weighted by molar-refractivity contribution is 14.0. The Bertz CT molecular complexity index is 581. The Morgan fingerprint density at radius 3 is 2.61 bits per heavy atom. The molecule has 2 rings (SSSR count). The van der Waals surface area contributed by atoms with Gasteiger partial charge in [0.25, 0.3) is 0 Å². The van der Waals surface area contributed by atoms with E-state index in [1.54, 1.807) is 0 Å². The number of aromatic nitrogens is 1. The van der Waals surface area contributed by atoms with Gasteiger partial charge in [-0.25, -0.2) is 0 Å². The number of ether oxygens (including phenoxy) is 1. The zero-order chi connectivity index (χ0) is 19.7. The summed E-state index contributed by atoms with van der Waals surface area (Å²) in [5.74, 6) is 1.63. The lowest BCUT2D eigenvalue weighted by atomic mass is 10.1. The molecule has 0 saturated carbocycles. The summed E-state index contributed by atoms with van der Waals surface area (Å²) in [6, 6.07) is 0. The number of aliphatic imine (C=N–C) groups is 1. The smallest absolute Gasteiger partial charge is 0.191 e. The Labute approximate surface area is 185 Å². The molecule has 1 aliphatic rings. The van der Waals surface area contributed by atoms with Crippen LogP contribution >= 0.6 is 24.0 Å². The van der Waals surface area contributed by atoms with E-state index in [4.69, 9.17) is 9.26 Å². The number of hydrogen-bond donors (Lipinski definition) is 3. The summed E-state index contributed by atoms with van der Waals surface area (Å²) in [6.07, 6.45) is 1.87. The number of nitrogens with zero attached hydrogens (tertiary/aromatic N) is 3. The van der Waals surface area contributed by atoms with E-state index < -0.39 is 5.60 Å². The predicted octanol–water partition coefficient (Wildman–Crippen LogP) is 1.48. The maximum Gasteiger partial charge on any atom is 0.191 e. The van der Waals surface area contributed by atoms with E-state index in [1.165, 1.54) is 5.56 Å². The van der Waals surface area contributed by atoms with Crippen molar-refractivity contribution < 1.29 is 14.4 Å². The van der Waals surface area contributed by atoms with E-state index >= 15 is 0 Å². The Morgan fingerprint density at radius 2 is 2.00 bits per heavy atom. The number of aliphatic hydroxyl groups is 1. The van der Waals surface area contributed by atoms with Crippen LogP contribution in [-0.2, 0) is 11.2 Å². The summed E-state index contributed by atoms with van der Waals surface area (Å²) in [7, 11) is 0. The van der Waals surface area contributed by atoms with E-state index in [1.807, 2.05) is 27.7 Å². The van der Waals surface area contributed by atoms with Crippen LogP contribution in [0.4, 0.5) is 0 Å². The number of rotatable bonds is 9. The molecule has 0 spiro atoms. The Hall–Kier alpha value is -0.910. The number of nitrogens with one attached hydrogen (secondary N) is 2. The molecule has 1 fully saturated rings. The molecule has 0 bridgehead atoms. The summed E-state index contributed by atoms with van der Waals surface area (Å²) in [6.45, 7) is 13.5. The van der Waals surface area contributed by atoms with Crippen LogP contribution < -0.4 is 10.6 Å². The number of hydrogen-bond acceptors (Lipinski definition) is 6. The summed E-state index contributed by atoms with van der Waals surface area (Å²) in [4.78, 5) is 6.80. The second-order valence-corrected chi connectivity index (χ2v) is 7.41. The molecule has 0 aromatic carbocycles. The number of guanidine groups is 1. The van der Waals surface area contributed by atoms with Gasteiger partial charge in [-0.05, 0) is 40.5 Å². The van der Waals surface area contributed by atoms with Gasteiger partial charge in [0.1, 0.15) is 5.76 Å². The molecule has 1 aromatic heterocycles. The average molecular weight is 509 g/mol. The van der Waals surface area contributed by atoms with Gasteiger partial charge < -0.3 is 25.0 Å². The van der Waals surface area contributed by atoms with Gasteiger partial charge in [-0.2, -0.15) is 0 Å². The maximum absolute atomic E-state index is 10.7. The molecule has 1 aromatic rings. The maximum atomic E-state index is 10.7. The summed E-state index contributed by atoms with van der Waals surface area (Å²) < 4.78 is 10.6. The van der Waals surface area contributed by atoms with E-state index in [9.17, 15) is 5.11 Å². The van der Waals surface area contributed by atoms with Gasteiger partial charge in [0.05, 0.1) is 31.1 Å². The second-order valence-electron chi connectivity index (χ2n) is 7.41. The average Bonchev–Trinajstić information content (AvgIpc) is 2.95. The van der Waals surface area contributed by atoms with Gasteiger partial charge in [0.15, 0.2) is 5.96 Å². The van der Waals surface area contributed by atoms with Crippen LogP contribution in [0.1, 0.15) is 37.3 Å². The van der Waals surface area contributed by atoms with Crippen LogP contribution in [0.2, 0.25) is 0 Å². The van der Waals surface area contributed by atoms with E-state index in [0.717, 1.165) is 69.6 Å². The molecule has 0 radical (unpaired) electrons. The van der Waals surface area contributed by atoms with Crippen LogP contribution in [-0.4, -0.2) is 79.2 Å². The highest BCUT2D eigenvalue weighted by atomic mass is 127. The fourth-order valence-corrected chi connectivity index (χ4v) is 3.21. The quantitative estimate of drug-likeness (QED) is 0.201. The fraction of sp³-hybridized carbons (Fsp3) is 0.789. The minimum absolute atomic E-state index is 0. The minimum Gasteiger partial charge on any atom is -0.387 e. The molecule has 162 valence electrons. The van der Waals surface area contributed by atoms with Crippen molar-refractivity contribution in [3.05, 3.63) is 17.0 Å².